The van der Waals surface area contributed by atoms with E-state index in [-0.39, 0.29) is 0 Å². The van der Waals surface area contributed by atoms with Crippen molar-refractivity contribution in [2.24, 2.45) is 0 Å². The van der Waals surface area contributed by atoms with Crippen LogP contribution in [-0.4, -0.2) is 68.5 Å². The van der Waals surface area contributed by atoms with Crippen molar-refractivity contribution in [1.82, 2.24) is 15.4 Å². The summed E-state index contributed by atoms with van der Waals surface area (Å²) in [7, 11) is 0. The molecule has 3 N–H and O–H groups in total. The zero-order valence-electron chi connectivity index (χ0n) is 10.3. The third-order valence-electron chi connectivity index (χ3n) is 1.66. The highest BCUT2D eigenvalue weighted by atomic mass is 16.6. The van der Waals surface area contributed by atoms with Gasteiger partial charge in [-0.25, -0.2) is 14.4 Å². The van der Waals surface area contributed by atoms with Crippen molar-refractivity contribution in [3.8, 4) is 17.5 Å². The zero-order valence-corrected chi connectivity index (χ0v) is 10.3. The Bertz CT molecular complexity index is 511. The first-order chi connectivity index (χ1) is 9.90. The molecule has 1 aromatic heterocycles. The van der Waals surface area contributed by atoms with Crippen LogP contribution < -0.4 is 14.2 Å². The number of nitrogens with zero attached hydrogens (tertiary/aromatic N) is 3. The monoisotopic (exact) mass is 303 g/mol. The number of hydrogen-bond acceptors (Lipinski definition) is 9. The summed E-state index contributed by atoms with van der Waals surface area (Å²) in [6.07, 6.45) is 0. The number of aromatic nitrogens is 3. The van der Waals surface area contributed by atoms with Gasteiger partial charge in [0.25, 0.3) is 11.8 Å². The van der Waals surface area contributed by atoms with Gasteiger partial charge in [-0.1, -0.05) is 10.2 Å². The Morgan fingerprint density at radius 2 is 1.14 bits per heavy atom. The van der Waals surface area contributed by atoms with Crippen molar-refractivity contribution in [2.45, 2.75) is 0 Å². The number of carboxylic acids is 3. The molecule has 0 unspecified atom stereocenters. The molecule has 1 rings (SSSR count). The molecule has 0 atom stereocenters. The molecule has 1 heterocycles. The fraction of sp³-hybridized carbons (Fsp3) is 0.333. The Balaban J connectivity index is 2.97. The Morgan fingerprint density at radius 3 is 1.52 bits per heavy atom. The molecule has 0 fully saturated rings. The number of aliphatic carboxylic acids is 3. The first kappa shape index (κ1) is 15.9. The minimum Gasteiger partial charge on any atom is -0.479 e. The van der Waals surface area contributed by atoms with Crippen LogP contribution in [-0.2, 0) is 14.4 Å². The van der Waals surface area contributed by atoms with E-state index in [9.17, 15) is 14.4 Å². The topological polar surface area (TPSA) is 178 Å². The Morgan fingerprint density at radius 1 is 0.762 bits per heavy atom. The van der Waals surface area contributed by atoms with Crippen molar-refractivity contribution in [2.75, 3.05) is 19.8 Å². The van der Waals surface area contributed by atoms with E-state index in [2.05, 4.69) is 15.4 Å². The zero-order chi connectivity index (χ0) is 15.8. The highest BCUT2D eigenvalue weighted by Gasteiger charge is 2.20. The average molecular weight is 303 g/mol. The summed E-state index contributed by atoms with van der Waals surface area (Å²) in [5.41, 5.74) is 0. The molecule has 0 bridgehead atoms. The predicted molar refractivity (Wildman–Crippen MR) is 59.2 cm³/mol. The van der Waals surface area contributed by atoms with Crippen molar-refractivity contribution in [1.29, 1.82) is 0 Å². The van der Waals surface area contributed by atoms with Crippen LogP contribution in [0.1, 0.15) is 0 Å². The Kier molecular flexibility index (Phi) is 5.61. The molecule has 0 aliphatic heterocycles. The van der Waals surface area contributed by atoms with Gasteiger partial charge in [0.05, 0.1) is 0 Å². The summed E-state index contributed by atoms with van der Waals surface area (Å²) in [6, 6.07) is 0. The standard InChI is InChI=1S/C9H9N3O9/c13-4(14)1-19-7-8(20-2-5(15)16)10-12-11-9(7)21-3-6(17)18/h1-3H2,(H,13,14)(H,15,16)(H,17,18). The molecule has 21 heavy (non-hydrogen) atoms. The lowest BCUT2D eigenvalue weighted by atomic mass is 10.5. The number of rotatable bonds is 9. The predicted octanol–water partition coefficient (Wildman–Crippen LogP) is -1.74. The SMILES string of the molecule is O=C(O)COc1nnnc(OCC(=O)O)c1OCC(=O)O. The van der Waals surface area contributed by atoms with Gasteiger partial charge in [-0.3, -0.25) is 0 Å². The average Bonchev–Trinajstić information content (AvgIpc) is 2.40. The lowest BCUT2D eigenvalue weighted by Crippen LogP contribution is -2.17. The summed E-state index contributed by atoms with van der Waals surface area (Å²) in [5, 5.41) is 35.3. The minimum atomic E-state index is -1.35. The molecular weight excluding hydrogens is 294 g/mol. The highest BCUT2D eigenvalue weighted by molar-refractivity contribution is 5.70. The Labute approximate surface area is 115 Å². The minimum absolute atomic E-state index is 0.463. The second kappa shape index (κ2) is 7.42. The quantitative estimate of drug-likeness (QED) is 0.469. The smallest absolute Gasteiger partial charge is 0.341 e. The lowest BCUT2D eigenvalue weighted by molar-refractivity contribution is -0.141. The maximum atomic E-state index is 10.5. The fourth-order valence-electron chi connectivity index (χ4n) is 0.992. The van der Waals surface area contributed by atoms with E-state index in [0.717, 1.165) is 0 Å². The van der Waals surface area contributed by atoms with Gasteiger partial charge in [0.15, 0.2) is 19.8 Å². The maximum absolute atomic E-state index is 10.5. The van der Waals surface area contributed by atoms with Gasteiger partial charge in [-0.2, -0.15) is 0 Å². The molecule has 0 radical (unpaired) electrons. The van der Waals surface area contributed by atoms with E-state index in [1.807, 2.05) is 0 Å². The van der Waals surface area contributed by atoms with Gasteiger partial charge in [0.2, 0.25) is 5.75 Å². The highest BCUT2D eigenvalue weighted by Crippen LogP contribution is 2.32. The van der Waals surface area contributed by atoms with E-state index in [1.54, 1.807) is 0 Å². The van der Waals surface area contributed by atoms with Crippen molar-refractivity contribution >= 4 is 17.9 Å². The summed E-state index contributed by atoms with van der Waals surface area (Å²) in [6.45, 7) is -2.44. The third kappa shape index (κ3) is 5.54. The van der Waals surface area contributed by atoms with Crippen LogP contribution in [0.25, 0.3) is 0 Å². The molecule has 0 saturated carbocycles. The molecule has 0 aliphatic carbocycles. The molecule has 12 nitrogen and oxygen atoms in total. The first-order valence-electron chi connectivity index (χ1n) is 5.17. The molecule has 0 aromatic carbocycles. The summed E-state index contributed by atoms with van der Waals surface area (Å²) >= 11 is 0. The molecule has 114 valence electrons. The molecule has 0 amide bonds. The summed E-state index contributed by atoms with van der Waals surface area (Å²) < 4.78 is 14.2. The largest absolute Gasteiger partial charge is 0.479 e. The van der Waals surface area contributed by atoms with Crippen LogP contribution in [0.3, 0.4) is 0 Å². The van der Waals surface area contributed by atoms with Crippen LogP contribution in [0.5, 0.6) is 17.5 Å². The maximum Gasteiger partial charge on any atom is 0.341 e. The van der Waals surface area contributed by atoms with Crippen LogP contribution in [0, 0.1) is 0 Å². The molecule has 1 aromatic rings. The van der Waals surface area contributed by atoms with Gasteiger partial charge in [0.1, 0.15) is 0 Å². The van der Waals surface area contributed by atoms with E-state index in [0.29, 0.717) is 0 Å². The summed E-state index contributed by atoms with van der Waals surface area (Å²) in [5.74, 6) is -5.45. The van der Waals surface area contributed by atoms with Gasteiger partial charge >= 0.3 is 17.9 Å². The number of hydrogen-bond donors (Lipinski definition) is 3. The molecular formula is C9H9N3O9. The molecule has 12 heteroatoms. The fourth-order valence-corrected chi connectivity index (χ4v) is 0.992. The van der Waals surface area contributed by atoms with Crippen molar-refractivity contribution in [3.63, 3.8) is 0 Å². The van der Waals surface area contributed by atoms with E-state index in [4.69, 9.17) is 29.5 Å². The second-order valence-corrected chi connectivity index (χ2v) is 3.28. The van der Waals surface area contributed by atoms with Crippen LogP contribution in [0.15, 0.2) is 0 Å². The normalized spacial score (nSPS) is 9.71. The van der Waals surface area contributed by atoms with Gasteiger partial charge in [0, 0.05) is 0 Å². The first-order valence-corrected chi connectivity index (χ1v) is 5.17. The third-order valence-corrected chi connectivity index (χ3v) is 1.66. The van der Waals surface area contributed by atoms with Gasteiger partial charge in [-0.15, -0.1) is 0 Å². The summed E-state index contributed by atoms with van der Waals surface area (Å²) in [4.78, 5) is 31.3. The molecule has 0 spiro atoms. The van der Waals surface area contributed by atoms with Crippen molar-refractivity contribution in [3.05, 3.63) is 0 Å². The van der Waals surface area contributed by atoms with E-state index >= 15 is 0 Å². The van der Waals surface area contributed by atoms with Crippen LogP contribution in [0.2, 0.25) is 0 Å². The van der Waals surface area contributed by atoms with Crippen molar-refractivity contribution < 1.29 is 43.9 Å². The molecule has 0 saturated heterocycles. The lowest BCUT2D eigenvalue weighted by Gasteiger charge is -2.11. The number of carbonyl (C=O) groups is 3. The second-order valence-electron chi connectivity index (χ2n) is 3.28. The van der Waals surface area contributed by atoms with Crippen LogP contribution in [0.4, 0.5) is 0 Å². The Hall–Kier alpha value is -3.18. The van der Waals surface area contributed by atoms with Gasteiger partial charge in [-0.05, 0) is 5.21 Å². The van der Waals surface area contributed by atoms with Crippen LogP contribution >= 0.6 is 0 Å². The number of ether oxygens (including phenoxy) is 3. The van der Waals surface area contributed by atoms with E-state index in [1.165, 1.54) is 0 Å². The number of carboxylic acid groups (broad SMARTS) is 3. The molecule has 0 aliphatic rings. The van der Waals surface area contributed by atoms with Gasteiger partial charge < -0.3 is 29.5 Å². The van der Waals surface area contributed by atoms with E-state index < -0.39 is 55.2 Å².